The van der Waals surface area contributed by atoms with E-state index in [1.165, 1.54) is 12.8 Å². The van der Waals surface area contributed by atoms with E-state index in [9.17, 15) is 9.59 Å². The van der Waals surface area contributed by atoms with E-state index in [1.54, 1.807) is 24.5 Å². The largest absolute Gasteiger partial charge is 0.488 e. The number of pyridine rings is 1. The second-order valence-electron chi connectivity index (χ2n) is 8.17. The Balaban J connectivity index is 1.35. The summed E-state index contributed by atoms with van der Waals surface area (Å²) in [6.07, 6.45) is 6.76. The van der Waals surface area contributed by atoms with Crippen LogP contribution in [0.4, 0.5) is 5.69 Å². The zero-order valence-electron chi connectivity index (χ0n) is 17.8. The maximum absolute atomic E-state index is 12.7. The maximum atomic E-state index is 12.7. The Kier molecular flexibility index (Phi) is 6.72. The molecule has 1 aromatic carbocycles. The number of aryl methyl sites for hydroxylation is 1. The fourth-order valence-electron chi connectivity index (χ4n) is 4.04. The molecule has 2 aliphatic rings. The van der Waals surface area contributed by atoms with Crippen LogP contribution < -0.4 is 15.4 Å². The topological polar surface area (TPSA) is 92.7 Å². The van der Waals surface area contributed by atoms with Gasteiger partial charge in [0.25, 0.3) is 5.91 Å². The van der Waals surface area contributed by atoms with Gasteiger partial charge in [0.05, 0.1) is 24.0 Å². The van der Waals surface area contributed by atoms with Gasteiger partial charge in [0.1, 0.15) is 12.4 Å². The maximum Gasteiger partial charge on any atom is 0.251 e. The highest BCUT2D eigenvalue weighted by Crippen LogP contribution is 2.25. The van der Waals surface area contributed by atoms with Crippen LogP contribution in [0.15, 0.2) is 41.7 Å². The summed E-state index contributed by atoms with van der Waals surface area (Å²) in [6, 6.07) is 7.16. The first-order chi connectivity index (χ1) is 15.1. The third-order valence-electron chi connectivity index (χ3n) is 5.90. The summed E-state index contributed by atoms with van der Waals surface area (Å²) in [6.45, 7) is 4.92. The van der Waals surface area contributed by atoms with Crippen molar-refractivity contribution in [3.05, 3.63) is 53.3 Å². The predicted octanol–water partition coefficient (Wildman–Crippen LogP) is 3.25. The minimum absolute atomic E-state index is 0.0173. The number of piperidine rings is 1. The standard InChI is InChI=1S/C24H28N4O3/c1-16-2-3-19(13-21(16)24(30)27-11-6-17-4-8-25-9-5-17)31-15-18-12-23(29)20-7-10-26-14-22(20)28-18/h2-3,7,10,13-14,17,25H,4-6,8-9,11-12,15H2,1H3,(H,27,30). The number of Topliss-reactive ketones (excluding diaryl/α,β-unsaturated/α-hetero) is 1. The fraction of sp³-hybridized carbons (Fsp3) is 0.417. The van der Waals surface area contributed by atoms with E-state index in [2.05, 4.69) is 20.6 Å². The third-order valence-corrected chi connectivity index (χ3v) is 5.90. The van der Waals surface area contributed by atoms with E-state index in [-0.39, 0.29) is 24.7 Å². The van der Waals surface area contributed by atoms with Crippen molar-refractivity contribution < 1.29 is 14.3 Å². The number of fused-ring (bicyclic) bond motifs is 1. The molecule has 1 saturated heterocycles. The van der Waals surface area contributed by atoms with Gasteiger partial charge < -0.3 is 15.4 Å². The molecule has 2 aromatic rings. The number of rotatable bonds is 7. The summed E-state index contributed by atoms with van der Waals surface area (Å²) in [4.78, 5) is 33.5. The summed E-state index contributed by atoms with van der Waals surface area (Å²) < 4.78 is 5.86. The SMILES string of the molecule is Cc1ccc(OCC2=Nc3cnccc3C(=O)C2)cc1C(=O)NCCC1CCNCC1. The number of hydrogen-bond donors (Lipinski definition) is 2. The van der Waals surface area contributed by atoms with E-state index in [0.29, 0.717) is 40.7 Å². The molecule has 3 heterocycles. The van der Waals surface area contributed by atoms with Crippen LogP contribution in [-0.4, -0.2) is 48.6 Å². The summed E-state index contributed by atoms with van der Waals surface area (Å²) >= 11 is 0. The number of aliphatic imine (C=N–C) groups is 1. The molecule has 0 bridgehead atoms. The fourth-order valence-corrected chi connectivity index (χ4v) is 4.04. The lowest BCUT2D eigenvalue weighted by molar-refractivity contribution is 0.0948. The molecule has 2 N–H and O–H groups in total. The molecular formula is C24H28N4O3. The Labute approximate surface area is 182 Å². The predicted molar refractivity (Wildman–Crippen MR) is 119 cm³/mol. The van der Waals surface area contributed by atoms with Gasteiger partial charge in [-0.1, -0.05) is 6.07 Å². The second kappa shape index (κ2) is 9.83. The molecule has 1 fully saturated rings. The summed E-state index contributed by atoms with van der Waals surface area (Å²) in [5.74, 6) is 1.20. The number of nitrogens with zero attached hydrogens (tertiary/aromatic N) is 2. The number of aromatic nitrogens is 1. The van der Waals surface area contributed by atoms with Crippen LogP contribution in [0.5, 0.6) is 5.75 Å². The molecule has 7 nitrogen and oxygen atoms in total. The van der Waals surface area contributed by atoms with Crippen molar-refractivity contribution >= 4 is 23.1 Å². The molecule has 2 aliphatic heterocycles. The smallest absolute Gasteiger partial charge is 0.251 e. The van der Waals surface area contributed by atoms with Gasteiger partial charge in [0, 0.05) is 23.9 Å². The molecule has 0 saturated carbocycles. The number of carbonyl (C=O) groups excluding carboxylic acids is 2. The van der Waals surface area contributed by atoms with Gasteiger partial charge in [-0.3, -0.25) is 19.6 Å². The van der Waals surface area contributed by atoms with E-state index < -0.39 is 0 Å². The molecule has 7 heteroatoms. The first kappa shape index (κ1) is 21.2. The molecule has 0 radical (unpaired) electrons. The van der Waals surface area contributed by atoms with E-state index in [0.717, 1.165) is 25.1 Å². The van der Waals surface area contributed by atoms with Gasteiger partial charge in [-0.15, -0.1) is 0 Å². The Hall–Kier alpha value is -3.06. The van der Waals surface area contributed by atoms with Crippen molar-refractivity contribution in [2.24, 2.45) is 10.9 Å². The van der Waals surface area contributed by atoms with Gasteiger partial charge in [-0.2, -0.15) is 0 Å². The van der Waals surface area contributed by atoms with Gasteiger partial charge >= 0.3 is 0 Å². The van der Waals surface area contributed by atoms with Crippen molar-refractivity contribution in [2.75, 3.05) is 26.2 Å². The number of benzene rings is 1. The van der Waals surface area contributed by atoms with Crippen molar-refractivity contribution in [1.82, 2.24) is 15.6 Å². The Morgan fingerprint density at radius 2 is 2.10 bits per heavy atom. The highest BCUT2D eigenvalue weighted by atomic mass is 16.5. The van der Waals surface area contributed by atoms with Crippen molar-refractivity contribution in [2.45, 2.75) is 32.6 Å². The first-order valence-electron chi connectivity index (χ1n) is 10.9. The number of nitrogens with one attached hydrogen (secondary N) is 2. The van der Waals surface area contributed by atoms with E-state index in [1.807, 2.05) is 19.1 Å². The monoisotopic (exact) mass is 420 g/mol. The van der Waals surface area contributed by atoms with Gasteiger partial charge in [-0.05, 0) is 69.0 Å². The van der Waals surface area contributed by atoms with Crippen molar-refractivity contribution in [3.8, 4) is 5.75 Å². The zero-order chi connectivity index (χ0) is 21.6. The summed E-state index contributed by atoms with van der Waals surface area (Å²) in [5, 5.41) is 6.41. The van der Waals surface area contributed by atoms with E-state index >= 15 is 0 Å². The normalized spacial score (nSPS) is 16.4. The number of carbonyl (C=O) groups is 2. The third kappa shape index (κ3) is 5.35. The van der Waals surface area contributed by atoms with Crippen LogP contribution in [0.1, 0.15) is 52.0 Å². The highest BCUT2D eigenvalue weighted by molar-refractivity contribution is 6.16. The first-order valence-corrected chi connectivity index (χ1v) is 10.9. The second-order valence-corrected chi connectivity index (χ2v) is 8.17. The zero-order valence-corrected chi connectivity index (χ0v) is 17.8. The van der Waals surface area contributed by atoms with Crippen LogP contribution in [0, 0.1) is 12.8 Å². The highest BCUT2D eigenvalue weighted by Gasteiger charge is 2.20. The molecular weight excluding hydrogens is 392 g/mol. The molecule has 162 valence electrons. The molecule has 0 atom stereocenters. The minimum atomic E-state index is -0.0814. The number of hydrogen-bond acceptors (Lipinski definition) is 6. The molecule has 31 heavy (non-hydrogen) atoms. The van der Waals surface area contributed by atoms with Crippen molar-refractivity contribution in [1.29, 1.82) is 0 Å². The van der Waals surface area contributed by atoms with Crippen molar-refractivity contribution in [3.63, 3.8) is 0 Å². The lowest BCUT2D eigenvalue weighted by Crippen LogP contribution is -2.31. The lowest BCUT2D eigenvalue weighted by atomic mass is 9.95. The molecule has 0 unspecified atom stereocenters. The Morgan fingerprint density at radius 1 is 1.26 bits per heavy atom. The van der Waals surface area contributed by atoms with Crippen LogP contribution in [0.2, 0.25) is 0 Å². The molecule has 1 aromatic heterocycles. The average molecular weight is 421 g/mol. The Morgan fingerprint density at radius 3 is 2.94 bits per heavy atom. The van der Waals surface area contributed by atoms with Crippen LogP contribution in [-0.2, 0) is 0 Å². The van der Waals surface area contributed by atoms with Crippen LogP contribution in [0.3, 0.4) is 0 Å². The number of ether oxygens (including phenoxy) is 1. The lowest BCUT2D eigenvalue weighted by Gasteiger charge is -2.22. The number of ketones is 1. The molecule has 4 rings (SSSR count). The Bertz CT molecular complexity index is 996. The van der Waals surface area contributed by atoms with Crippen LogP contribution in [0.25, 0.3) is 0 Å². The van der Waals surface area contributed by atoms with Gasteiger partial charge in [0.2, 0.25) is 0 Å². The number of amides is 1. The summed E-state index contributed by atoms with van der Waals surface area (Å²) in [5.41, 5.74) is 3.34. The van der Waals surface area contributed by atoms with Gasteiger partial charge in [0.15, 0.2) is 5.78 Å². The van der Waals surface area contributed by atoms with Gasteiger partial charge in [-0.25, -0.2) is 0 Å². The van der Waals surface area contributed by atoms with E-state index in [4.69, 9.17) is 4.74 Å². The average Bonchev–Trinajstić information content (AvgIpc) is 2.79. The summed E-state index contributed by atoms with van der Waals surface area (Å²) in [7, 11) is 0. The minimum Gasteiger partial charge on any atom is -0.488 e. The van der Waals surface area contributed by atoms with Crippen LogP contribution >= 0.6 is 0 Å². The molecule has 1 amide bonds. The molecule has 0 spiro atoms. The quantitative estimate of drug-likeness (QED) is 0.717. The molecule has 0 aliphatic carbocycles.